The molecule has 1 aromatic heterocycles. The molecule has 0 N–H and O–H groups in total. The van der Waals surface area contributed by atoms with Crippen molar-refractivity contribution in [1.82, 2.24) is 9.88 Å². The van der Waals surface area contributed by atoms with Crippen molar-refractivity contribution in [3.63, 3.8) is 0 Å². The number of aromatic nitrogens is 1. The van der Waals surface area contributed by atoms with Gasteiger partial charge in [0.05, 0.1) is 5.69 Å². The second-order valence-corrected chi connectivity index (χ2v) is 7.75. The zero-order valence-electron chi connectivity index (χ0n) is 14.7. The van der Waals surface area contributed by atoms with Crippen LogP contribution in [0.4, 0.5) is 0 Å². The summed E-state index contributed by atoms with van der Waals surface area (Å²) < 4.78 is 5.25. The van der Waals surface area contributed by atoms with Crippen LogP contribution in [-0.2, 0) is 9.53 Å². The average molecular weight is 393 g/mol. The van der Waals surface area contributed by atoms with Gasteiger partial charge >= 0.3 is 5.97 Å². The summed E-state index contributed by atoms with van der Waals surface area (Å²) in [5, 5.41) is 1.32. The fourth-order valence-electron chi connectivity index (χ4n) is 2.94. The van der Waals surface area contributed by atoms with Crippen LogP contribution in [0.1, 0.15) is 41.0 Å². The van der Waals surface area contributed by atoms with Crippen LogP contribution in [0.15, 0.2) is 24.3 Å². The van der Waals surface area contributed by atoms with Gasteiger partial charge in [0.15, 0.2) is 6.61 Å². The highest BCUT2D eigenvalue weighted by atomic mass is 35.5. The normalized spacial score (nSPS) is 14.8. The lowest BCUT2D eigenvalue weighted by Gasteiger charge is -2.19. The molecule has 1 fully saturated rings. The Labute approximate surface area is 161 Å². The monoisotopic (exact) mass is 392 g/mol. The number of halogens is 1. The Morgan fingerprint density at radius 1 is 1.23 bits per heavy atom. The number of thiazole rings is 1. The Balaban J connectivity index is 1.64. The molecular formula is C19H21ClN2O3S. The summed E-state index contributed by atoms with van der Waals surface area (Å²) in [6.07, 6.45) is 4.32. The van der Waals surface area contributed by atoms with Crippen molar-refractivity contribution in [2.75, 3.05) is 19.7 Å². The van der Waals surface area contributed by atoms with Crippen molar-refractivity contribution < 1.29 is 14.3 Å². The molecule has 138 valence electrons. The van der Waals surface area contributed by atoms with E-state index in [2.05, 4.69) is 4.98 Å². The lowest BCUT2D eigenvalue weighted by atomic mass is 10.2. The largest absolute Gasteiger partial charge is 0.451 e. The van der Waals surface area contributed by atoms with Crippen molar-refractivity contribution >= 4 is 34.8 Å². The first kappa shape index (κ1) is 18.9. The first-order valence-corrected chi connectivity index (χ1v) is 9.92. The maximum atomic E-state index is 12.4. The highest BCUT2D eigenvalue weighted by Crippen LogP contribution is 2.29. The fourth-order valence-corrected chi connectivity index (χ4v) is 4.08. The van der Waals surface area contributed by atoms with Crippen molar-refractivity contribution in [3.05, 3.63) is 39.9 Å². The van der Waals surface area contributed by atoms with Crippen LogP contribution < -0.4 is 0 Å². The molecule has 0 saturated carbocycles. The molecule has 1 saturated heterocycles. The van der Waals surface area contributed by atoms with Gasteiger partial charge in [-0.2, -0.15) is 0 Å². The van der Waals surface area contributed by atoms with Gasteiger partial charge in [0.1, 0.15) is 9.88 Å². The Morgan fingerprint density at radius 2 is 1.96 bits per heavy atom. The van der Waals surface area contributed by atoms with Crippen LogP contribution in [0, 0.1) is 6.92 Å². The smallest absolute Gasteiger partial charge is 0.350 e. The second-order valence-electron chi connectivity index (χ2n) is 6.32. The van der Waals surface area contributed by atoms with E-state index in [4.69, 9.17) is 16.3 Å². The highest BCUT2D eigenvalue weighted by molar-refractivity contribution is 7.17. The van der Waals surface area contributed by atoms with E-state index in [1.54, 1.807) is 24.0 Å². The topological polar surface area (TPSA) is 59.5 Å². The molecule has 1 amide bonds. The van der Waals surface area contributed by atoms with Gasteiger partial charge in [-0.1, -0.05) is 36.6 Å². The molecular weight excluding hydrogens is 372 g/mol. The lowest BCUT2D eigenvalue weighted by molar-refractivity contribution is -0.134. The number of amides is 1. The molecule has 2 heterocycles. The third-order valence-corrected chi connectivity index (χ3v) is 5.76. The second kappa shape index (κ2) is 8.64. The van der Waals surface area contributed by atoms with Crippen molar-refractivity contribution in [2.45, 2.75) is 32.6 Å². The van der Waals surface area contributed by atoms with E-state index in [0.29, 0.717) is 20.6 Å². The predicted molar refractivity (Wildman–Crippen MR) is 103 cm³/mol. The summed E-state index contributed by atoms with van der Waals surface area (Å²) in [5.41, 5.74) is 1.45. The number of aryl methyl sites for hydroxylation is 1. The summed E-state index contributed by atoms with van der Waals surface area (Å²) in [7, 11) is 0. The SMILES string of the molecule is Cc1nc(-c2cccc(Cl)c2)sc1C(=O)OCC(=O)N1CCCCCC1. The van der Waals surface area contributed by atoms with Gasteiger partial charge < -0.3 is 9.64 Å². The molecule has 0 radical (unpaired) electrons. The Morgan fingerprint density at radius 3 is 2.65 bits per heavy atom. The molecule has 7 heteroatoms. The number of carbonyl (C=O) groups excluding carboxylic acids is 2. The minimum Gasteiger partial charge on any atom is -0.451 e. The molecule has 1 aliphatic heterocycles. The standard InChI is InChI=1S/C19H21ClN2O3S/c1-13-17(26-18(21-13)14-7-6-8-15(20)11-14)19(24)25-12-16(23)22-9-4-2-3-5-10-22/h6-8,11H,2-5,9-10,12H2,1H3. The fraction of sp³-hybridized carbons (Fsp3) is 0.421. The predicted octanol–water partition coefficient (Wildman–Crippen LogP) is 4.33. The molecule has 5 nitrogen and oxygen atoms in total. The molecule has 0 bridgehead atoms. The summed E-state index contributed by atoms with van der Waals surface area (Å²) in [5.74, 6) is -0.631. The molecule has 0 aliphatic carbocycles. The molecule has 0 unspecified atom stereocenters. The maximum Gasteiger partial charge on any atom is 0.350 e. The van der Waals surface area contributed by atoms with Crippen LogP contribution >= 0.6 is 22.9 Å². The van der Waals surface area contributed by atoms with Gasteiger partial charge in [0.25, 0.3) is 5.91 Å². The van der Waals surface area contributed by atoms with Gasteiger partial charge in [0, 0.05) is 23.7 Å². The quantitative estimate of drug-likeness (QED) is 0.726. The van der Waals surface area contributed by atoms with E-state index in [1.807, 2.05) is 12.1 Å². The number of nitrogens with zero attached hydrogens (tertiary/aromatic N) is 2. The van der Waals surface area contributed by atoms with E-state index < -0.39 is 5.97 Å². The molecule has 0 atom stereocenters. The number of rotatable bonds is 4. The van der Waals surface area contributed by atoms with Crippen LogP contribution in [0.2, 0.25) is 5.02 Å². The molecule has 26 heavy (non-hydrogen) atoms. The van der Waals surface area contributed by atoms with Crippen LogP contribution in [0.3, 0.4) is 0 Å². The van der Waals surface area contributed by atoms with E-state index in [9.17, 15) is 9.59 Å². The Bertz CT molecular complexity index is 798. The van der Waals surface area contributed by atoms with Gasteiger partial charge in [-0.3, -0.25) is 4.79 Å². The summed E-state index contributed by atoms with van der Waals surface area (Å²) in [6, 6.07) is 7.32. The zero-order chi connectivity index (χ0) is 18.5. The van der Waals surface area contributed by atoms with Gasteiger partial charge in [-0.25, -0.2) is 9.78 Å². The average Bonchev–Trinajstić information content (AvgIpc) is 2.84. The molecule has 2 aromatic rings. The van der Waals surface area contributed by atoms with Gasteiger partial charge in [-0.15, -0.1) is 11.3 Å². The maximum absolute atomic E-state index is 12.4. The Kier molecular flexibility index (Phi) is 6.27. The third-order valence-electron chi connectivity index (χ3n) is 4.34. The minimum absolute atomic E-state index is 0.127. The van der Waals surface area contributed by atoms with Crippen molar-refractivity contribution in [1.29, 1.82) is 0 Å². The number of benzene rings is 1. The van der Waals surface area contributed by atoms with Crippen LogP contribution in [-0.4, -0.2) is 41.5 Å². The van der Waals surface area contributed by atoms with Crippen LogP contribution in [0.5, 0.6) is 0 Å². The van der Waals surface area contributed by atoms with E-state index >= 15 is 0 Å². The van der Waals surface area contributed by atoms with Crippen molar-refractivity contribution in [3.8, 4) is 10.6 Å². The van der Waals surface area contributed by atoms with E-state index in [1.165, 1.54) is 11.3 Å². The summed E-state index contributed by atoms with van der Waals surface area (Å²) >= 11 is 7.27. The van der Waals surface area contributed by atoms with Gasteiger partial charge in [-0.05, 0) is 31.9 Å². The lowest BCUT2D eigenvalue weighted by Crippen LogP contribution is -2.35. The molecule has 1 aliphatic rings. The molecule has 1 aromatic carbocycles. The summed E-state index contributed by atoms with van der Waals surface area (Å²) in [4.78, 5) is 31.3. The van der Waals surface area contributed by atoms with E-state index in [-0.39, 0.29) is 12.5 Å². The number of esters is 1. The van der Waals surface area contributed by atoms with Crippen LogP contribution in [0.25, 0.3) is 10.6 Å². The molecule has 3 rings (SSSR count). The molecule has 0 spiro atoms. The Hall–Kier alpha value is -1.92. The zero-order valence-corrected chi connectivity index (χ0v) is 16.2. The number of likely N-dealkylation sites (tertiary alicyclic amines) is 1. The number of ether oxygens (including phenoxy) is 1. The van der Waals surface area contributed by atoms with Crippen molar-refractivity contribution in [2.24, 2.45) is 0 Å². The van der Waals surface area contributed by atoms with Gasteiger partial charge in [0.2, 0.25) is 0 Å². The highest BCUT2D eigenvalue weighted by Gasteiger charge is 2.21. The number of hydrogen-bond donors (Lipinski definition) is 0. The van der Waals surface area contributed by atoms with E-state index in [0.717, 1.165) is 44.3 Å². The first-order valence-electron chi connectivity index (χ1n) is 8.73. The minimum atomic E-state index is -0.503. The number of hydrogen-bond acceptors (Lipinski definition) is 5. The third kappa shape index (κ3) is 4.62. The first-order chi connectivity index (χ1) is 12.5. The number of carbonyl (C=O) groups is 2. The summed E-state index contributed by atoms with van der Waals surface area (Å²) in [6.45, 7) is 3.03.